The number of aromatic nitrogens is 2. The van der Waals surface area contributed by atoms with Crippen molar-refractivity contribution >= 4 is 5.69 Å². The zero-order valence-corrected chi connectivity index (χ0v) is 9.85. The second-order valence-electron chi connectivity index (χ2n) is 4.58. The van der Waals surface area contributed by atoms with Crippen LogP contribution in [0, 0.1) is 0 Å². The highest BCUT2D eigenvalue weighted by molar-refractivity contribution is 5.46. The molecule has 0 radical (unpaired) electrons. The molecule has 1 aliphatic heterocycles. The van der Waals surface area contributed by atoms with E-state index >= 15 is 0 Å². The van der Waals surface area contributed by atoms with Crippen molar-refractivity contribution < 1.29 is 0 Å². The zero-order valence-electron chi connectivity index (χ0n) is 9.85. The molecule has 3 rings (SSSR count). The maximum Gasteiger partial charge on any atom is 0.0650 e. The molecular formula is C13H16N4. The molecule has 3 N–H and O–H groups in total. The molecule has 0 saturated heterocycles. The minimum atomic E-state index is 0.529. The zero-order chi connectivity index (χ0) is 11.8. The van der Waals surface area contributed by atoms with E-state index in [2.05, 4.69) is 17.3 Å². The first-order chi connectivity index (χ1) is 8.25. The maximum atomic E-state index is 5.70. The third-order valence-electron chi connectivity index (χ3n) is 3.31. The van der Waals surface area contributed by atoms with Crippen molar-refractivity contribution in [3.63, 3.8) is 0 Å². The van der Waals surface area contributed by atoms with Crippen LogP contribution in [0.25, 0.3) is 5.69 Å². The number of anilines is 1. The van der Waals surface area contributed by atoms with Crippen LogP contribution in [0.15, 0.2) is 30.5 Å². The first-order valence-corrected chi connectivity index (χ1v) is 5.89. The summed E-state index contributed by atoms with van der Waals surface area (Å²) in [7, 11) is 0. The molecule has 4 heteroatoms. The van der Waals surface area contributed by atoms with E-state index in [1.165, 1.54) is 11.3 Å². The van der Waals surface area contributed by atoms with Crippen molar-refractivity contribution in [2.45, 2.75) is 19.4 Å². The summed E-state index contributed by atoms with van der Waals surface area (Å²) in [6.45, 7) is 4.13. The minimum Gasteiger partial charge on any atom is -0.399 e. The summed E-state index contributed by atoms with van der Waals surface area (Å²) in [6.07, 6.45) is 1.98. The van der Waals surface area contributed by atoms with Crippen LogP contribution in [0.5, 0.6) is 0 Å². The lowest BCUT2D eigenvalue weighted by Crippen LogP contribution is -2.27. The van der Waals surface area contributed by atoms with Crippen LogP contribution >= 0.6 is 0 Å². The van der Waals surface area contributed by atoms with Crippen molar-refractivity contribution in [2.24, 2.45) is 0 Å². The molecule has 1 atom stereocenters. The van der Waals surface area contributed by atoms with E-state index < -0.39 is 0 Å². The van der Waals surface area contributed by atoms with Gasteiger partial charge < -0.3 is 11.1 Å². The van der Waals surface area contributed by atoms with Gasteiger partial charge in [0.25, 0.3) is 0 Å². The number of nitrogens with two attached hydrogens (primary N) is 1. The second kappa shape index (κ2) is 3.89. The summed E-state index contributed by atoms with van der Waals surface area (Å²) in [5.41, 5.74) is 10.1. The molecule has 88 valence electrons. The topological polar surface area (TPSA) is 55.9 Å². The number of rotatable bonds is 1. The summed E-state index contributed by atoms with van der Waals surface area (Å²) in [4.78, 5) is 0. The van der Waals surface area contributed by atoms with Crippen LogP contribution in [0.1, 0.15) is 24.1 Å². The number of benzene rings is 1. The molecule has 0 amide bonds. The van der Waals surface area contributed by atoms with E-state index in [-0.39, 0.29) is 0 Å². The average Bonchev–Trinajstić information content (AvgIpc) is 2.75. The molecule has 4 nitrogen and oxygen atoms in total. The highest BCUT2D eigenvalue weighted by Gasteiger charge is 2.20. The Bertz CT molecular complexity index is 527. The fourth-order valence-corrected chi connectivity index (χ4v) is 2.33. The van der Waals surface area contributed by atoms with Crippen molar-refractivity contribution in [1.29, 1.82) is 0 Å². The van der Waals surface area contributed by atoms with Crippen LogP contribution in [-0.2, 0) is 6.54 Å². The third kappa shape index (κ3) is 1.70. The van der Waals surface area contributed by atoms with Crippen LogP contribution in [0.2, 0.25) is 0 Å². The van der Waals surface area contributed by atoms with E-state index in [0.717, 1.165) is 24.5 Å². The standard InChI is InChI=1S/C13H16N4/c1-9-6-15-8-13-12(9)7-16-17(13)11-4-2-10(14)3-5-11/h2-5,7,9,15H,6,8,14H2,1H3. The number of nitrogens with one attached hydrogen (secondary N) is 1. The minimum absolute atomic E-state index is 0.529. The molecule has 17 heavy (non-hydrogen) atoms. The highest BCUT2D eigenvalue weighted by atomic mass is 15.3. The van der Waals surface area contributed by atoms with Crippen molar-refractivity contribution in [1.82, 2.24) is 15.1 Å². The third-order valence-corrected chi connectivity index (χ3v) is 3.31. The molecule has 1 aromatic carbocycles. The van der Waals surface area contributed by atoms with Gasteiger partial charge in [-0.05, 0) is 35.7 Å². The van der Waals surface area contributed by atoms with Crippen molar-refractivity contribution in [3.05, 3.63) is 41.7 Å². The molecular weight excluding hydrogens is 212 g/mol. The van der Waals surface area contributed by atoms with Crippen molar-refractivity contribution in [2.75, 3.05) is 12.3 Å². The van der Waals surface area contributed by atoms with Gasteiger partial charge in [0.05, 0.1) is 17.6 Å². The monoisotopic (exact) mass is 228 g/mol. The van der Waals surface area contributed by atoms with Gasteiger partial charge in [-0.1, -0.05) is 6.92 Å². The molecule has 0 bridgehead atoms. The summed E-state index contributed by atoms with van der Waals surface area (Å²) < 4.78 is 2.00. The molecule has 0 spiro atoms. The summed E-state index contributed by atoms with van der Waals surface area (Å²) in [6, 6.07) is 7.82. The SMILES string of the molecule is CC1CNCc2c1cnn2-c1ccc(N)cc1. The predicted molar refractivity (Wildman–Crippen MR) is 68.1 cm³/mol. The van der Waals surface area contributed by atoms with Crippen LogP contribution in [-0.4, -0.2) is 16.3 Å². The Morgan fingerprint density at radius 1 is 1.35 bits per heavy atom. The Morgan fingerprint density at radius 3 is 2.88 bits per heavy atom. The normalized spacial score (nSPS) is 19.0. The number of hydrogen-bond acceptors (Lipinski definition) is 3. The quantitative estimate of drug-likeness (QED) is 0.730. The Hall–Kier alpha value is -1.81. The smallest absolute Gasteiger partial charge is 0.0650 e. The lowest BCUT2D eigenvalue weighted by atomic mass is 9.98. The highest BCUT2D eigenvalue weighted by Crippen LogP contribution is 2.25. The van der Waals surface area contributed by atoms with Crippen LogP contribution in [0.4, 0.5) is 5.69 Å². The van der Waals surface area contributed by atoms with Gasteiger partial charge >= 0.3 is 0 Å². The van der Waals surface area contributed by atoms with E-state index in [9.17, 15) is 0 Å². The first-order valence-electron chi connectivity index (χ1n) is 5.89. The van der Waals surface area contributed by atoms with Gasteiger partial charge in [-0.15, -0.1) is 0 Å². The lowest BCUT2D eigenvalue weighted by molar-refractivity contribution is 0.554. The van der Waals surface area contributed by atoms with Crippen LogP contribution in [0.3, 0.4) is 0 Å². The molecule has 2 heterocycles. The van der Waals surface area contributed by atoms with Gasteiger partial charge in [0.2, 0.25) is 0 Å². The number of nitrogens with zero attached hydrogens (tertiary/aromatic N) is 2. The lowest BCUT2D eigenvalue weighted by Gasteiger charge is -2.20. The van der Waals surface area contributed by atoms with Gasteiger partial charge in [0.1, 0.15) is 0 Å². The average molecular weight is 228 g/mol. The largest absolute Gasteiger partial charge is 0.399 e. The van der Waals surface area contributed by atoms with E-state index in [4.69, 9.17) is 5.73 Å². The summed E-state index contributed by atoms with van der Waals surface area (Å²) in [5, 5.41) is 7.90. The van der Waals surface area contributed by atoms with Gasteiger partial charge in [0.15, 0.2) is 0 Å². The molecule has 0 saturated carbocycles. The Morgan fingerprint density at radius 2 is 2.12 bits per heavy atom. The fourth-order valence-electron chi connectivity index (χ4n) is 2.33. The number of fused-ring (bicyclic) bond motifs is 1. The fraction of sp³-hybridized carbons (Fsp3) is 0.308. The second-order valence-corrected chi connectivity index (χ2v) is 4.58. The molecule has 1 aliphatic rings. The number of nitrogen functional groups attached to an aromatic ring is 1. The Balaban J connectivity index is 2.07. The van der Waals surface area contributed by atoms with Gasteiger partial charge in [0, 0.05) is 18.8 Å². The van der Waals surface area contributed by atoms with Crippen molar-refractivity contribution in [3.8, 4) is 5.69 Å². The molecule has 0 fully saturated rings. The molecule has 0 aliphatic carbocycles. The summed E-state index contributed by atoms with van der Waals surface area (Å²) >= 11 is 0. The van der Waals surface area contributed by atoms with Gasteiger partial charge in [-0.25, -0.2) is 4.68 Å². The maximum absolute atomic E-state index is 5.70. The predicted octanol–water partition coefficient (Wildman–Crippen LogP) is 1.66. The first kappa shape index (κ1) is 10.4. The molecule has 1 unspecified atom stereocenters. The Labute approximate surface area is 100 Å². The van der Waals surface area contributed by atoms with E-state index in [1.54, 1.807) is 0 Å². The van der Waals surface area contributed by atoms with E-state index in [1.807, 2.05) is 35.1 Å². The van der Waals surface area contributed by atoms with Gasteiger partial charge in [-0.3, -0.25) is 0 Å². The number of hydrogen-bond donors (Lipinski definition) is 2. The molecule has 1 aromatic heterocycles. The summed E-state index contributed by atoms with van der Waals surface area (Å²) in [5.74, 6) is 0.529. The van der Waals surface area contributed by atoms with E-state index in [0.29, 0.717) is 5.92 Å². The van der Waals surface area contributed by atoms with Gasteiger partial charge in [-0.2, -0.15) is 5.10 Å². The van der Waals surface area contributed by atoms with Crippen LogP contribution < -0.4 is 11.1 Å². The molecule has 2 aromatic rings. The Kier molecular flexibility index (Phi) is 2.37.